The van der Waals surface area contributed by atoms with E-state index in [-0.39, 0.29) is 0 Å². The quantitative estimate of drug-likeness (QED) is 0.579. The fourth-order valence-corrected chi connectivity index (χ4v) is 0.413. The van der Waals surface area contributed by atoms with Crippen LogP contribution >= 0.6 is 0 Å². The van der Waals surface area contributed by atoms with Gasteiger partial charge in [-0.25, -0.2) is 0 Å². The van der Waals surface area contributed by atoms with Gasteiger partial charge < -0.3 is 4.74 Å². The van der Waals surface area contributed by atoms with Gasteiger partial charge in [-0.15, -0.1) is 0 Å². The lowest BCUT2D eigenvalue weighted by Crippen LogP contribution is -2.26. The molecular formula is C6H8F2O3. The van der Waals surface area contributed by atoms with Crippen LogP contribution in [-0.2, 0) is 14.3 Å². The molecular weight excluding hydrogens is 158 g/mol. The minimum absolute atomic E-state index is 1.10. The number of hydrogen-bond donors (Lipinski definition) is 0. The molecule has 0 saturated heterocycles. The molecule has 0 heterocycles. The van der Waals surface area contributed by atoms with Gasteiger partial charge in [0.05, 0.1) is 0 Å². The minimum atomic E-state index is -1.72. The molecule has 0 amide bonds. The van der Waals surface area contributed by atoms with E-state index in [0.29, 0.717) is 0 Å². The van der Waals surface area contributed by atoms with Crippen molar-refractivity contribution in [3.8, 4) is 0 Å². The Hall–Kier alpha value is -0.840. The van der Waals surface area contributed by atoms with Crippen molar-refractivity contribution < 1.29 is 23.1 Å². The van der Waals surface area contributed by atoms with E-state index in [2.05, 4.69) is 4.74 Å². The summed E-state index contributed by atoms with van der Waals surface area (Å²) in [6.45, 7) is 2.20. The molecule has 0 spiro atoms. The molecule has 0 fully saturated rings. The van der Waals surface area contributed by atoms with E-state index in [9.17, 15) is 18.4 Å². The van der Waals surface area contributed by atoms with Crippen molar-refractivity contribution >= 4 is 12.1 Å². The number of halogens is 2. The highest BCUT2D eigenvalue weighted by atomic mass is 19.1. The molecule has 2 atom stereocenters. The number of rotatable bonds is 4. The Morgan fingerprint density at radius 2 is 1.36 bits per heavy atom. The molecule has 0 N–H and O–H groups in total. The van der Waals surface area contributed by atoms with E-state index in [1.807, 2.05) is 0 Å². The summed E-state index contributed by atoms with van der Waals surface area (Å²) in [5.41, 5.74) is 0. The molecule has 0 aromatic carbocycles. The van der Waals surface area contributed by atoms with Crippen molar-refractivity contribution in [3.63, 3.8) is 0 Å². The van der Waals surface area contributed by atoms with Crippen LogP contribution < -0.4 is 0 Å². The molecule has 0 aliphatic carbocycles. The Morgan fingerprint density at radius 1 is 1.09 bits per heavy atom. The number of ether oxygens (including phenoxy) is 1. The predicted molar refractivity (Wildman–Crippen MR) is 32.2 cm³/mol. The lowest BCUT2D eigenvalue weighted by atomic mass is 10.4. The van der Waals surface area contributed by atoms with Crippen LogP contribution in [0.4, 0.5) is 8.78 Å². The van der Waals surface area contributed by atoms with Crippen LogP contribution in [-0.4, -0.2) is 24.3 Å². The van der Waals surface area contributed by atoms with Crippen molar-refractivity contribution in [3.05, 3.63) is 0 Å². The second-order valence-corrected chi connectivity index (χ2v) is 2.03. The Bertz CT molecular complexity index is 151. The zero-order valence-electron chi connectivity index (χ0n) is 6.14. The normalized spacial score (nSPS) is 15.6. The van der Waals surface area contributed by atoms with Crippen LogP contribution in [0.25, 0.3) is 0 Å². The van der Waals surface area contributed by atoms with E-state index in [4.69, 9.17) is 0 Å². The Morgan fingerprint density at radius 3 is 1.55 bits per heavy atom. The Balaban J connectivity index is 3.84. The predicted octanol–water partition coefficient (Wildman–Crippen LogP) is 0.772. The Labute approximate surface area is 62.3 Å². The zero-order valence-corrected chi connectivity index (χ0v) is 6.14. The van der Waals surface area contributed by atoms with Gasteiger partial charge >= 0.3 is 12.1 Å². The van der Waals surface area contributed by atoms with Crippen LogP contribution in [0.3, 0.4) is 0 Å². The summed E-state index contributed by atoms with van der Waals surface area (Å²) in [7, 11) is 0. The topological polar surface area (TPSA) is 43.4 Å². The number of carbonyl (C=O) groups is 2. The molecule has 3 nitrogen and oxygen atoms in total. The lowest BCUT2D eigenvalue weighted by Gasteiger charge is -2.10. The fourth-order valence-electron chi connectivity index (χ4n) is 0.413. The molecule has 0 rings (SSSR count). The van der Waals surface area contributed by atoms with Crippen molar-refractivity contribution in [1.29, 1.82) is 0 Å². The average Bonchev–Trinajstić information content (AvgIpc) is 1.87. The Kier molecular flexibility index (Phi) is 3.81. The molecule has 0 radical (unpaired) electrons. The van der Waals surface area contributed by atoms with Gasteiger partial charge in [0, 0.05) is 0 Å². The standard InChI is InChI=1S/C6H8F2O3/c1-3(5(7)9)11-4(2)6(8)10/h3-4H,1-2H3. The van der Waals surface area contributed by atoms with Crippen LogP contribution in [0.5, 0.6) is 0 Å². The molecule has 0 aromatic heterocycles. The minimum Gasteiger partial charge on any atom is -0.354 e. The highest BCUT2D eigenvalue weighted by Gasteiger charge is 2.20. The maximum absolute atomic E-state index is 11.7. The summed E-state index contributed by atoms with van der Waals surface area (Å²) in [5.74, 6) is 0. The molecule has 0 aromatic rings. The van der Waals surface area contributed by atoms with Crippen molar-refractivity contribution in [2.75, 3.05) is 0 Å². The third-order valence-electron chi connectivity index (χ3n) is 1.05. The first-order valence-electron chi connectivity index (χ1n) is 2.99. The summed E-state index contributed by atoms with van der Waals surface area (Å²) in [5, 5.41) is 0. The highest BCUT2D eigenvalue weighted by Crippen LogP contribution is 2.01. The summed E-state index contributed by atoms with van der Waals surface area (Å²) < 4.78 is 27.8. The van der Waals surface area contributed by atoms with Gasteiger partial charge in [0.25, 0.3) is 0 Å². The van der Waals surface area contributed by atoms with Gasteiger partial charge in [0.2, 0.25) is 0 Å². The fraction of sp³-hybridized carbons (Fsp3) is 0.667. The molecule has 64 valence electrons. The maximum Gasteiger partial charge on any atom is 0.329 e. The van der Waals surface area contributed by atoms with Crippen molar-refractivity contribution in [1.82, 2.24) is 0 Å². The molecule has 2 unspecified atom stereocenters. The second kappa shape index (κ2) is 4.12. The molecule has 0 aliphatic heterocycles. The molecule has 11 heavy (non-hydrogen) atoms. The summed E-state index contributed by atoms with van der Waals surface area (Å²) in [6.07, 6.45) is -2.77. The van der Waals surface area contributed by atoms with Gasteiger partial charge in [-0.3, -0.25) is 9.59 Å². The summed E-state index contributed by atoms with van der Waals surface area (Å²) in [6, 6.07) is -3.45. The first kappa shape index (κ1) is 10.2. The van der Waals surface area contributed by atoms with Gasteiger partial charge in [0.15, 0.2) is 0 Å². The van der Waals surface area contributed by atoms with Crippen LogP contribution in [0, 0.1) is 0 Å². The van der Waals surface area contributed by atoms with Gasteiger partial charge in [-0.05, 0) is 13.8 Å². The van der Waals surface area contributed by atoms with Crippen LogP contribution in [0.15, 0.2) is 0 Å². The first-order valence-corrected chi connectivity index (χ1v) is 2.99. The van der Waals surface area contributed by atoms with Crippen LogP contribution in [0.2, 0.25) is 0 Å². The van der Waals surface area contributed by atoms with Gasteiger partial charge in [0.1, 0.15) is 12.2 Å². The SMILES string of the molecule is CC(OC(C)C(=O)F)C(=O)F. The second-order valence-electron chi connectivity index (χ2n) is 2.03. The van der Waals surface area contributed by atoms with E-state index < -0.39 is 24.3 Å². The highest BCUT2D eigenvalue weighted by molar-refractivity contribution is 5.75. The molecule has 5 heteroatoms. The van der Waals surface area contributed by atoms with Gasteiger partial charge in [-0.1, -0.05) is 0 Å². The number of hydrogen-bond acceptors (Lipinski definition) is 3. The monoisotopic (exact) mass is 166 g/mol. The number of carbonyl (C=O) groups excluding carboxylic acids is 2. The third-order valence-corrected chi connectivity index (χ3v) is 1.05. The third kappa shape index (κ3) is 3.77. The van der Waals surface area contributed by atoms with E-state index in [1.165, 1.54) is 0 Å². The molecule has 0 saturated carbocycles. The maximum atomic E-state index is 11.7. The van der Waals surface area contributed by atoms with Gasteiger partial charge in [-0.2, -0.15) is 8.78 Å². The lowest BCUT2D eigenvalue weighted by molar-refractivity contribution is -0.153. The average molecular weight is 166 g/mol. The van der Waals surface area contributed by atoms with Crippen molar-refractivity contribution in [2.45, 2.75) is 26.1 Å². The first-order chi connectivity index (χ1) is 4.95. The summed E-state index contributed by atoms with van der Waals surface area (Å²) >= 11 is 0. The van der Waals surface area contributed by atoms with E-state index >= 15 is 0 Å². The smallest absolute Gasteiger partial charge is 0.329 e. The molecule has 0 bridgehead atoms. The van der Waals surface area contributed by atoms with Crippen LogP contribution in [0.1, 0.15) is 13.8 Å². The zero-order chi connectivity index (χ0) is 9.02. The van der Waals surface area contributed by atoms with Crippen molar-refractivity contribution in [2.24, 2.45) is 0 Å². The summed E-state index contributed by atoms with van der Waals surface area (Å²) in [4.78, 5) is 19.8. The largest absolute Gasteiger partial charge is 0.354 e. The molecule has 0 aliphatic rings. The van der Waals surface area contributed by atoms with E-state index in [1.54, 1.807) is 0 Å². The van der Waals surface area contributed by atoms with E-state index in [0.717, 1.165) is 13.8 Å².